The van der Waals surface area contributed by atoms with Gasteiger partial charge in [-0.15, -0.1) is 0 Å². The van der Waals surface area contributed by atoms with E-state index in [0.29, 0.717) is 5.92 Å². The minimum absolute atomic E-state index is 0.287. The van der Waals surface area contributed by atoms with E-state index in [0.717, 1.165) is 6.42 Å². The second kappa shape index (κ2) is 22.2. The van der Waals surface area contributed by atoms with Gasteiger partial charge in [0.2, 0.25) is 0 Å². The number of rotatable bonds is 5. The van der Waals surface area contributed by atoms with Gasteiger partial charge in [-0.05, 0) is 19.8 Å². The van der Waals surface area contributed by atoms with Gasteiger partial charge in [-0.3, -0.25) is 0 Å². The first-order chi connectivity index (χ1) is 10.4. The summed E-state index contributed by atoms with van der Waals surface area (Å²) in [6.07, 6.45) is 6.26. The second-order valence-corrected chi connectivity index (χ2v) is 5.66. The third-order valence-corrected chi connectivity index (χ3v) is 2.59. The highest BCUT2D eigenvalue weighted by Gasteiger charge is 1.95. The van der Waals surface area contributed by atoms with E-state index in [1.165, 1.54) is 31.2 Å². The lowest BCUT2D eigenvalue weighted by Gasteiger charge is -1.95. The number of carbonyl (C=O) groups excluding carboxylic acids is 1. The Morgan fingerprint density at radius 1 is 0.955 bits per heavy atom. The van der Waals surface area contributed by atoms with Crippen molar-refractivity contribution in [3.8, 4) is 0 Å². The smallest absolute Gasteiger partial charge is 0.130 e. The number of unbranched alkanes of at least 4 members (excludes halogenated alkanes) is 3. The van der Waals surface area contributed by atoms with Gasteiger partial charge in [0.25, 0.3) is 0 Å². The molecule has 0 N–H and O–H groups in total. The van der Waals surface area contributed by atoms with Crippen LogP contribution in [0.1, 0.15) is 86.1 Å². The third kappa shape index (κ3) is 31.3. The third-order valence-electron chi connectivity index (χ3n) is 2.59. The molecule has 0 fully saturated rings. The number of hydrogen-bond acceptors (Lipinski definition) is 1. The highest BCUT2D eigenvalue weighted by atomic mass is 16.1. The SMILES string of the molecule is CC.CC(=O)CC(C)C.CCCCCC.Cc1ccccc1. The topological polar surface area (TPSA) is 17.1 Å². The van der Waals surface area contributed by atoms with Crippen molar-refractivity contribution in [3.63, 3.8) is 0 Å². The van der Waals surface area contributed by atoms with Crippen LogP contribution in [0.2, 0.25) is 0 Å². The van der Waals surface area contributed by atoms with Gasteiger partial charge < -0.3 is 4.79 Å². The van der Waals surface area contributed by atoms with E-state index in [1.54, 1.807) is 6.92 Å². The van der Waals surface area contributed by atoms with E-state index in [1.807, 2.05) is 45.9 Å². The number of aryl methyl sites for hydroxylation is 1. The van der Waals surface area contributed by atoms with Gasteiger partial charge in [0.05, 0.1) is 0 Å². The lowest BCUT2D eigenvalue weighted by atomic mass is 10.1. The van der Waals surface area contributed by atoms with Crippen LogP contribution in [-0.4, -0.2) is 5.78 Å². The Morgan fingerprint density at radius 3 is 1.50 bits per heavy atom. The van der Waals surface area contributed by atoms with Gasteiger partial charge in [-0.1, -0.05) is 103 Å². The minimum Gasteiger partial charge on any atom is -0.300 e. The Kier molecular flexibility index (Phi) is 26.0. The van der Waals surface area contributed by atoms with Crippen LogP contribution in [0, 0.1) is 12.8 Å². The lowest BCUT2D eigenvalue weighted by molar-refractivity contribution is -0.117. The lowest BCUT2D eigenvalue weighted by Crippen LogP contribution is -1.95. The molecule has 1 nitrogen and oxygen atoms in total. The molecule has 0 aliphatic carbocycles. The summed E-state index contributed by atoms with van der Waals surface area (Å²) < 4.78 is 0. The quantitative estimate of drug-likeness (QED) is 0.524. The normalized spacial score (nSPS) is 8.59. The van der Waals surface area contributed by atoms with Crippen molar-refractivity contribution in [2.24, 2.45) is 5.92 Å². The maximum absolute atomic E-state index is 10.3. The summed E-state index contributed by atoms with van der Waals surface area (Å²) in [4.78, 5) is 10.3. The van der Waals surface area contributed by atoms with Crippen LogP contribution in [0.3, 0.4) is 0 Å². The molecule has 1 aromatic rings. The molecule has 0 spiro atoms. The number of ketones is 1. The molecule has 0 radical (unpaired) electrons. The van der Waals surface area contributed by atoms with E-state index < -0.39 is 0 Å². The molecule has 0 atom stereocenters. The van der Waals surface area contributed by atoms with Crippen molar-refractivity contribution in [2.45, 2.75) is 87.5 Å². The largest absolute Gasteiger partial charge is 0.300 e. The van der Waals surface area contributed by atoms with Crippen molar-refractivity contribution >= 4 is 5.78 Å². The summed E-state index contributed by atoms with van der Waals surface area (Å²) in [7, 11) is 0. The fourth-order valence-corrected chi connectivity index (χ4v) is 1.61. The van der Waals surface area contributed by atoms with Gasteiger partial charge >= 0.3 is 0 Å². The predicted octanol–water partition coefficient (Wildman–Crippen LogP) is 7.23. The fraction of sp³-hybridized carbons (Fsp3) is 0.667. The first kappa shape index (κ1) is 25.8. The van der Waals surface area contributed by atoms with E-state index in [2.05, 4.69) is 32.9 Å². The molecule has 0 saturated heterocycles. The predicted molar refractivity (Wildman–Crippen MR) is 102 cm³/mol. The summed E-state index contributed by atoms with van der Waals surface area (Å²) in [5, 5.41) is 0. The molecule has 130 valence electrons. The average Bonchev–Trinajstić information content (AvgIpc) is 2.48. The maximum Gasteiger partial charge on any atom is 0.130 e. The van der Waals surface area contributed by atoms with Crippen LogP contribution < -0.4 is 0 Å². The first-order valence-corrected chi connectivity index (χ1v) is 8.95. The summed E-state index contributed by atoms with van der Waals surface area (Å²) >= 11 is 0. The van der Waals surface area contributed by atoms with Gasteiger partial charge in [0.15, 0.2) is 0 Å². The average molecular weight is 309 g/mol. The summed E-state index contributed by atoms with van der Waals surface area (Å²) in [6.45, 7) is 16.3. The highest BCUT2D eigenvalue weighted by molar-refractivity contribution is 5.75. The Hall–Kier alpha value is -1.11. The van der Waals surface area contributed by atoms with Gasteiger partial charge in [-0.2, -0.15) is 0 Å². The number of Topliss-reactive ketones (excluding diaryl/α,β-unsaturated/α-hetero) is 1. The van der Waals surface area contributed by atoms with Crippen LogP contribution in [0.15, 0.2) is 30.3 Å². The van der Waals surface area contributed by atoms with E-state index in [4.69, 9.17) is 0 Å². The van der Waals surface area contributed by atoms with Gasteiger partial charge in [0.1, 0.15) is 5.78 Å². The molecule has 0 unspecified atom stereocenters. The Balaban J connectivity index is -0.000000234. The first-order valence-electron chi connectivity index (χ1n) is 8.95. The minimum atomic E-state index is 0.287. The molecular weight excluding hydrogens is 268 g/mol. The Labute approximate surface area is 140 Å². The monoisotopic (exact) mass is 308 g/mol. The summed E-state index contributed by atoms with van der Waals surface area (Å²) in [5.41, 5.74) is 1.32. The molecule has 0 saturated carbocycles. The second-order valence-electron chi connectivity index (χ2n) is 5.66. The molecule has 0 amide bonds. The van der Waals surface area contributed by atoms with Crippen molar-refractivity contribution in [2.75, 3.05) is 0 Å². The van der Waals surface area contributed by atoms with Crippen LogP contribution >= 0.6 is 0 Å². The number of benzene rings is 1. The molecule has 1 heteroatoms. The van der Waals surface area contributed by atoms with E-state index in [9.17, 15) is 4.79 Å². The number of carbonyl (C=O) groups is 1. The molecule has 0 aliphatic rings. The molecule has 0 aromatic heterocycles. The maximum atomic E-state index is 10.3. The summed E-state index contributed by atoms with van der Waals surface area (Å²) in [5.74, 6) is 0.813. The zero-order valence-corrected chi connectivity index (χ0v) is 16.4. The number of hydrogen-bond donors (Lipinski definition) is 0. The van der Waals surface area contributed by atoms with Crippen LogP contribution in [-0.2, 0) is 4.79 Å². The standard InChI is InChI=1S/C7H8.C6H12O.C6H14.C2H6/c1-7-5-3-2-4-6-7;1-5(2)4-6(3)7;1-3-5-6-4-2;1-2/h2-6H,1H3;5H,4H2,1-3H3;3-6H2,1-2H3;1-2H3. The van der Waals surface area contributed by atoms with Gasteiger partial charge in [0, 0.05) is 6.42 Å². The molecule has 22 heavy (non-hydrogen) atoms. The molecular formula is C21H40O. The van der Waals surface area contributed by atoms with Crippen LogP contribution in [0.5, 0.6) is 0 Å². The van der Waals surface area contributed by atoms with Gasteiger partial charge in [-0.25, -0.2) is 0 Å². The van der Waals surface area contributed by atoms with Crippen LogP contribution in [0.4, 0.5) is 0 Å². The molecule has 1 aromatic carbocycles. The highest BCUT2D eigenvalue weighted by Crippen LogP contribution is 1.98. The van der Waals surface area contributed by atoms with E-state index >= 15 is 0 Å². The zero-order valence-electron chi connectivity index (χ0n) is 16.4. The van der Waals surface area contributed by atoms with Crippen molar-refractivity contribution < 1.29 is 4.79 Å². The molecule has 0 aliphatic heterocycles. The fourth-order valence-electron chi connectivity index (χ4n) is 1.61. The van der Waals surface area contributed by atoms with Crippen LogP contribution in [0.25, 0.3) is 0 Å². The Morgan fingerprint density at radius 2 is 1.36 bits per heavy atom. The molecule has 0 heterocycles. The van der Waals surface area contributed by atoms with Crippen molar-refractivity contribution in [3.05, 3.63) is 35.9 Å². The summed E-state index contributed by atoms with van der Waals surface area (Å²) in [6, 6.07) is 10.3. The molecule has 1 rings (SSSR count). The van der Waals surface area contributed by atoms with Crippen molar-refractivity contribution in [1.82, 2.24) is 0 Å². The van der Waals surface area contributed by atoms with E-state index in [-0.39, 0.29) is 5.78 Å². The zero-order chi connectivity index (χ0) is 17.8. The van der Waals surface area contributed by atoms with Crippen molar-refractivity contribution in [1.29, 1.82) is 0 Å². The Bertz CT molecular complexity index is 297. The molecule has 0 bridgehead atoms.